The quantitative estimate of drug-likeness (QED) is 0.842. The van der Waals surface area contributed by atoms with Crippen LogP contribution in [0, 0.1) is 5.92 Å². The second-order valence-electron chi connectivity index (χ2n) is 8.14. The number of carbonyl (C=O) groups is 1. The summed E-state index contributed by atoms with van der Waals surface area (Å²) in [5.74, 6) is 1.11. The number of hydrogen-bond acceptors (Lipinski definition) is 3. The van der Waals surface area contributed by atoms with Crippen molar-refractivity contribution in [2.75, 3.05) is 13.1 Å². The molecule has 1 fully saturated rings. The first-order valence-electron chi connectivity index (χ1n) is 9.64. The molecule has 0 spiro atoms. The van der Waals surface area contributed by atoms with Gasteiger partial charge >= 0.3 is 0 Å². The van der Waals surface area contributed by atoms with Crippen LogP contribution in [0.25, 0.3) is 0 Å². The zero-order chi connectivity index (χ0) is 18.3. The van der Waals surface area contributed by atoms with Crippen molar-refractivity contribution in [3.63, 3.8) is 0 Å². The molecule has 1 aliphatic carbocycles. The topological polar surface area (TPSA) is 40.5 Å². The van der Waals surface area contributed by atoms with Crippen molar-refractivity contribution in [1.29, 1.82) is 0 Å². The number of likely N-dealkylation sites (tertiary alicyclic amines) is 1. The average Bonchev–Trinajstić information content (AvgIpc) is 2.65. The Labute approximate surface area is 155 Å². The van der Waals surface area contributed by atoms with Gasteiger partial charge in [0.1, 0.15) is 5.75 Å². The molecule has 1 saturated heterocycles. The molecule has 0 saturated carbocycles. The molecule has 26 heavy (non-hydrogen) atoms. The third-order valence-corrected chi connectivity index (χ3v) is 6.83. The Bertz CT molecular complexity index is 816. The van der Waals surface area contributed by atoms with E-state index in [4.69, 9.17) is 0 Å². The van der Waals surface area contributed by atoms with Crippen molar-refractivity contribution in [2.45, 2.75) is 44.6 Å². The van der Waals surface area contributed by atoms with E-state index < -0.39 is 0 Å². The fraction of sp³-hybridized carbons (Fsp3) is 0.435. The van der Waals surface area contributed by atoms with Gasteiger partial charge in [0.25, 0.3) is 0 Å². The number of benzene rings is 2. The smallest absolute Gasteiger partial charge is 0.164 e. The van der Waals surface area contributed by atoms with Crippen LogP contribution < -0.4 is 0 Å². The fourth-order valence-corrected chi connectivity index (χ4v) is 4.99. The number of nitrogens with zero attached hydrogens (tertiary/aromatic N) is 1. The minimum absolute atomic E-state index is 0.108. The van der Waals surface area contributed by atoms with Crippen LogP contribution >= 0.6 is 0 Å². The molecule has 0 unspecified atom stereocenters. The molecule has 1 N–H and O–H groups in total. The molecular formula is C23H27NO2. The minimum atomic E-state index is 0.108. The van der Waals surface area contributed by atoms with Gasteiger partial charge in [0.2, 0.25) is 0 Å². The molecule has 0 amide bonds. The Balaban J connectivity index is 1.52. The van der Waals surface area contributed by atoms with Gasteiger partial charge in [-0.25, -0.2) is 0 Å². The number of ketones is 1. The van der Waals surface area contributed by atoms with Gasteiger partial charge in [-0.3, -0.25) is 9.69 Å². The van der Waals surface area contributed by atoms with Gasteiger partial charge in [-0.2, -0.15) is 0 Å². The van der Waals surface area contributed by atoms with Gasteiger partial charge < -0.3 is 5.11 Å². The van der Waals surface area contributed by atoms with Gasteiger partial charge in [0, 0.05) is 24.6 Å². The molecule has 2 bridgehead atoms. The predicted molar refractivity (Wildman–Crippen MR) is 104 cm³/mol. The molecule has 3 nitrogen and oxygen atoms in total. The van der Waals surface area contributed by atoms with E-state index in [-0.39, 0.29) is 11.2 Å². The average molecular weight is 349 g/mol. The number of hydrogen-bond donors (Lipinski definition) is 1. The maximum atomic E-state index is 12.5. The molecule has 3 atom stereocenters. The minimum Gasteiger partial charge on any atom is -0.508 e. The van der Waals surface area contributed by atoms with Gasteiger partial charge in [0.05, 0.1) is 0 Å². The maximum Gasteiger partial charge on any atom is 0.164 e. The summed E-state index contributed by atoms with van der Waals surface area (Å²) >= 11 is 0. The first-order valence-corrected chi connectivity index (χ1v) is 9.64. The van der Waals surface area contributed by atoms with Crippen LogP contribution in [0.1, 0.15) is 48.2 Å². The van der Waals surface area contributed by atoms with Crippen molar-refractivity contribution in [1.82, 2.24) is 4.90 Å². The van der Waals surface area contributed by atoms with Gasteiger partial charge in [-0.1, -0.05) is 50.2 Å². The molecule has 1 aliphatic heterocycles. The van der Waals surface area contributed by atoms with E-state index in [1.165, 1.54) is 11.1 Å². The van der Waals surface area contributed by atoms with E-state index in [2.05, 4.69) is 24.8 Å². The monoisotopic (exact) mass is 349 g/mol. The van der Waals surface area contributed by atoms with Gasteiger partial charge in [0.15, 0.2) is 5.78 Å². The third-order valence-electron chi connectivity index (χ3n) is 6.83. The first kappa shape index (κ1) is 17.3. The Kier molecular flexibility index (Phi) is 4.36. The van der Waals surface area contributed by atoms with Crippen LogP contribution in [0.4, 0.5) is 0 Å². The second kappa shape index (κ2) is 6.55. The number of aromatic hydroxyl groups is 1. The van der Waals surface area contributed by atoms with E-state index in [0.717, 1.165) is 31.5 Å². The number of fused-ring (bicyclic) bond motifs is 4. The molecule has 3 heteroatoms. The van der Waals surface area contributed by atoms with Crippen LogP contribution in [-0.2, 0) is 11.8 Å². The molecule has 2 aromatic carbocycles. The number of rotatable bonds is 4. The summed E-state index contributed by atoms with van der Waals surface area (Å²) in [6.45, 7) is 6.52. The van der Waals surface area contributed by atoms with E-state index in [0.29, 0.717) is 24.1 Å². The van der Waals surface area contributed by atoms with Crippen molar-refractivity contribution in [2.24, 2.45) is 5.92 Å². The number of piperidine rings is 1. The SMILES string of the molecule is C[C@@H]1[C@H]2Cc3ccc(O)cc3[C@]1(C)CCN2CCC(=O)c1ccccc1. The molecule has 0 aromatic heterocycles. The summed E-state index contributed by atoms with van der Waals surface area (Å²) in [6.07, 6.45) is 2.65. The third kappa shape index (κ3) is 2.84. The first-order chi connectivity index (χ1) is 12.5. The second-order valence-corrected chi connectivity index (χ2v) is 8.14. The van der Waals surface area contributed by atoms with Crippen LogP contribution in [0.15, 0.2) is 48.5 Å². The lowest BCUT2D eigenvalue weighted by molar-refractivity contribution is 0.0305. The molecule has 2 aliphatic rings. The lowest BCUT2D eigenvalue weighted by atomic mass is 9.59. The van der Waals surface area contributed by atoms with Crippen molar-refractivity contribution in [3.8, 4) is 5.75 Å². The number of phenols is 1. The van der Waals surface area contributed by atoms with Crippen LogP contribution in [0.3, 0.4) is 0 Å². The highest BCUT2D eigenvalue weighted by molar-refractivity contribution is 5.96. The molecule has 0 radical (unpaired) electrons. The molecule has 136 valence electrons. The number of Topliss-reactive ketones (excluding diaryl/α,β-unsaturated/α-hetero) is 1. The van der Waals surface area contributed by atoms with Crippen LogP contribution in [0.5, 0.6) is 5.75 Å². The Morgan fingerprint density at radius 1 is 1.23 bits per heavy atom. The normalized spacial score (nSPS) is 27.8. The summed E-state index contributed by atoms with van der Waals surface area (Å²) in [7, 11) is 0. The van der Waals surface area contributed by atoms with E-state index >= 15 is 0 Å². The lowest BCUT2D eigenvalue weighted by Gasteiger charge is -2.54. The largest absolute Gasteiger partial charge is 0.508 e. The van der Waals surface area contributed by atoms with Crippen LogP contribution in [-0.4, -0.2) is 34.9 Å². The summed E-state index contributed by atoms with van der Waals surface area (Å²) < 4.78 is 0. The Hall–Kier alpha value is -2.13. The maximum absolute atomic E-state index is 12.5. The zero-order valence-electron chi connectivity index (χ0n) is 15.6. The van der Waals surface area contributed by atoms with Crippen molar-refractivity contribution >= 4 is 5.78 Å². The van der Waals surface area contributed by atoms with Crippen molar-refractivity contribution < 1.29 is 9.90 Å². The summed E-state index contributed by atoms with van der Waals surface area (Å²) in [5, 5.41) is 9.94. The van der Waals surface area contributed by atoms with Gasteiger partial charge in [-0.15, -0.1) is 0 Å². The molecular weight excluding hydrogens is 322 g/mol. The summed E-state index contributed by atoms with van der Waals surface area (Å²) in [4.78, 5) is 15.0. The molecule has 2 aromatic rings. The number of phenolic OH excluding ortho intramolecular Hbond substituents is 1. The number of carbonyl (C=O) groups excluding carboxylic acids is 1. The Morgan fingerprint density at radius 3 is 2.77 bits per heavy atom. The molecule has 4 rings (SSSR count). The summed E-state index contributed by atoms with van der Waals surface area (Å²) in [5.41, 5.74) is 3.59. The van der Waals surface area contributed by atoms with E-state index in [1.807, 2.05) is 36.4 Å². The molecule has 1 heterocycles. The standard InChI is InChI=1S/C23H27NO2/c1-16-21-14-18-8-9-19(25)15-20(18)23(16,2)11-13-24(21)12-10-22(26)17-6-4-3-5-7-17/h3-9,15-16,21,25H,10-14H2,1-2H3/t16-,21-,23-/m1/s1. The van der Waals surface area contributed by atoms with Crippen molar-refractivity contribution in [3.05, 3.63) is 65.2 Å². The van der Waals surface area contributed by atoms with Gasteiger partial charge in [-0.05, 0) is 54.0 Å². The highest BCUT2D eigenvalue weighted by atomic mass is 16.3. The lowest BCUT2D eigenvalue weighted by Crippen LogP contribution is -2.58. The highest BCUT2D eigenvalue weighted by Crippen LogP contribution is 2.49. The summed E-state index contributed by atoms with van der Waals surface area (Å²) in [6, 6.07) is 15.9. The van der Waals surface area contributed by atoms with Crippen LogP contribution in [0.2, 0.25) is 0 Å². The Morgan fingerprint density at radius 2 is 2.00 bits per heavy atom. The highest BCUT2D eigenvalue weighted by Gasteiger charge is 2.48. The van der Waals surface area contributed by atoms with E-state index in [1.54, 1.807) is 6.07 Å². The zero-order valence-corrected chi connectivity index (χ0v) is 15.6. The predicted octanol–water partition coefficient (Wildman–Crippen LogP) is 4.19. The fourth-order valence-electron chi connectivity index (χ4n) is 4.99. The van der Waals surface area contributed by atoms with E-state index in [9.17, 15) is 9.90 Å².